The van der Waals surface area contributed by atoms with E-state index in [1.165, 1.54) is 6.26 Å². The fraction of sp³-hybridized carbons (Fsp3) is 0.600. The zero-order valence-corrected chi connectivity index (χ0v) is 22.5. The molecule has 5 rings (SSSR count). The summed E-state index contributed by atoms with van der Waals surface area (Å²) in [7, 11) is 0. The van der Waals surface area contributed by atoms with Crippen LogP contribution in [0.1, 0.15) is 64.6 Å². The second kappa shape index (κ2) is 10.2. The predicted octanol–water partition coefficient (Wildman–Crippen LogP) is 2.80. The number of allylic oxidation sites excluding steroid dienone is 4. The quantitative estimate of drug-likeness (QED) is 0.428. The first-order valence-corrected chi connectivity index (χ1v) is 13.8. The normalized spacial score (nSPS) is 36.8. The summed E-state index contributed by atoms with van der Waals surface area (Å²) in [6.07, 6.45) is 8.30. The lowest BCUT2D eigenvalue weighted by Gasteiger charge is -2.59. The molecule has 0 spiro atoms. The Balaban J connectivity index is 1.19. The summed E-state index contributed by atoms with van der Waals surface area (Å²) in [5.74, 6) is -1.05. The predicted molar refractivity (Wildman–Crippen MR) is 139 cm³/mol. The Hall–Kier alpha value is -3.04. The lowest BCUT2D eigenvalue weighted by molar-refractivity contribution is -0.181. The average molecular weight is 540 g/mol. The molecule has 9 heteroatoms. The van der Waals surface area contributed by atoms with E-state index in [2.05, 4.69) is 12.2 Å². The Labute approximate surface area is 227 Å². The van der Waals surface area contributed by atoms with Crippen LogP contribution in [-0.4, -0.2) is 52.0 Å². The number of esters is 1. The Kier molecular flexibility index (Phi) is 7.18. The summed E-state index contributed by atoms with van der Waals surface area (Å²) in [5, 5.41) is 25.8. The van der Waals surface area contributed by atoms with Crippen LogP contribution in [0, 0.1) is 28.6 Å². The van der Waals surface area contributed by atoms with E-state index in [-0.39, 0.29) is 61.7 Å². The Morgan fingerprint density at radius 1 is 1.21 bits per heavy atom. The van der Waals surface area contributed by atoms with Crippen LogP contribution in [0.4, 0.5) is 0 Å². The summed E-state index contributed by atoms with van der Waals surface area (Å²) < 4.78 is 10.3. The SMILES string of the molecule is C[C@]12C=CC(=O)C=C1CCC1C2C(O)C[C@@]2(C)C1CCC2(O)C(=O)COC(=O)CCC(=O)NCc1ccco1. The smallest absolute Gasteiger partial charge is 0.306 e. The number of Topliss-reactive ketones (excluding diaryl/α,β-unsaturated/α-hetero) is 1. The molecule has 1 aromatic heterocycles. The van der Waals surface area contributed by atoms with Gasteiger partial charge in [-0.15, -0.1) is 0 Å². The van der Waals surface area contributed by atoms with Crippen molar-refractivity contribution in [1.29, 1.82) is 0 Å². The number of hydrogen-bond acceptors (Lipinski definition) is 8. The van der Waals surface area contributed by atoms with Crippen LogP contribution >= 0.6 is 0 Å². The zero-order valence-electron chi connectivity index (χ0n) is 22.5. The van der Waals surface area contributed by atoms with Gasteiger partial charge in [0.15, 0.2) is 12.4 Å². The van der Waals surface area contributed by atoms with Crippen LogP contribution in [0.15, 0.2) is 46.6 Å². The number of amides is 1. The number of hydrogen-bond donors (Lipinski definition) is 3. The molecule has 1 amide bonds. The molecule has 0 bridgehead atoms. The second-order valence-corrected chi connectivity index (χ2v) is 12.1. The van der Waals surface area contributed by atoms with Gasteiger partial charge in [-0.05, 0) is 68.2 Å². The van der Waals surface area contributed by atoms with Gasteiger partial charge in [0.25, 0.3) is 0 Å². The van der Waals surface area contributed by atoms with Gasteiger partial charge in [-0.1, -0.05) is 25.5 Å². The van der Waals surface area contributed by atoms with Crippen LogP contribution in [-0.2, 0) is 30.5 Å². The van der Waals surface area contributed by atoms with Gasteiger partial charge in [-0.25, -0.2) is 0 Å². The Morgan fingerprint density at radius 2 is 2.00 bits per heavy atom. The van der Waals surface area contributed by atoms with E-state index in [0.29, 0.717) is 12.2 Å². The topological polar surface area (TPSA) is 143 Å². The molecule has 3 N–H and O–H groups in total. The molecule has 0 aromatic carbocycles. The fourth-order valence-corrected chi connectivity index (χ4v) is 8.03. The van der Waals surface area contributed by atoms with Crippen molar-refractivity contribution in [3.63, 3.8) is 0 Å². The van der Waals surface area contributed by atoms with Gasteiger partial charge in [-0.3, -0.25) is 19.2 Å². The minimum Gasteiger partial charge on any atom is -0.467 e. The first-order chi connectivity index (χ1) is 18.5. The number of fused-ring (bicyclic) bond motifs is 5. The first-order valence-electron chi connectivity index (χ1n) is 13.8. The van der Waals surface area contributed by atoms with Crippen molar-refractivity contribution in [2.24, 2.45) is 28.6 Å². The van der Waals surface area contributed by atoms with Crippen molar-refractivity contribution in [2.75, 3.05) is 6.61 Å². The standard InChI is InChI=1S/C30H37NO8/c1-28-11-9-19(32)14-18(28)5-6-21-22-10-12-30(37,29(22,2)15-23(33)27(21)28)24(34)17-39-26(36)8-7-25(35)31-16-20-4-3-13-38-20/h3-4,9,11,13-14,21-23,27,33,37H,5-8,10,12,15-17H2,1-2H3,(H,31,35)/t21?,22?,23?,27?,28-,29-,30?/m0/s1. The van der Waals surface area contributed by atoms with Crippen molar-refractivity contribution >= 4 is 23.4 Å². The molecule has 0 saturated heterocycles. The highest BCUT2D eigenvalue weighted by atomic mass is 16.5. The molecule has 0 aliphatic heterocycles. The lowest BCUT2D eigenvalue weighted by atomic mass is 9.46. The molecule has 7 atom stereocenters. The highest BCUT2D eigenvalue weighted by Gasteiger charge is 2.68. The number of ether oxygens (including phenoxy) is 1. The van der Waals surface area contributed by atoms with Crippen LogP contribution in [0.25, 0.3) is 0 Å². The molecule has 5 unspecified atom stereocenters. The third kappa shape index (κ3) is 4.69. The van der Waals surface area contributed by atoms with Crippen molar-refractivity contribution in [1.82, 2.24) is 5.32 Å². The van der Waals surface area contributed by atoms with Crippen LogP contribution in [0.2, 0.25) is 0 Å². The summed E-state index contributed by atoms with van der Waals surface area (Å²) in [6, 6.07) is 3.44. The maximum absolute atomic E-state index is 13.3. The third-order valence-corrected chi connectivity index (χ3v) is 10.1. The van der Waals surface area contributed by atoms with Gasteiger partial charge in [0.2, 0.25) is 11.7 Å². The monoisotopic (exact) mass is 539 g/mol. The minimum atomic E-state index is -1.72. The van der Waals surface area contributed by atoms with Crippen LogP contribution < -0.4 is 5.32 Å². The van der Waals surface area contributed by atoms with Gasteiger partial charge in [0, 0.05) is 23.2 Å². The molecular weight excluding hydrogens is 502 g/mol. The maximum atomic E-state index is 13.3. The van der Waals surface area contributed by atoms with Crippen LogP contribution in [0.5, 0.6) is 0 Å². The number of aliphatic hydroxyl groups excluding tert-OH is 1. The third-order valence-electron chi connectivity index (χ3n) is 10.1. The minimum absolute atomic E-state index is 0.0119. The Bertz CT molecular complexity index is 1220. The van der Waals surface area contributed by atoms with Crippen LogP contribution in [0.3, 0.4) is 0 Å². The van der Waals surface area contributed by atoms with Crippen molar-refractivity contribution < 1.29 is 38.5 Å². The number of nitrogens with one attached hydrogen (secondary N) is 1. The fourth-order valence-electron chi connectivity index (χ4n) is 8.03. The molecule has 1 heterocycles. The molecule has 0 radical (unpaired) electrons. The number of ketones is 2. The molecular formula is C30H37NO8. The molecule has 3 fully saturated rings. The van der Waals surface area contributed by atoms with Crippen molar-refractivity contribution in [3.8, 4) is 0 Å². The van der Waals surface area contributed by atoms with E-state index >= 15 is 0 Å². The van der Waals surface area contributed by atoms with Crippen molar-refractivity contribution in [2.45, 2.75) is 77.0 Å². The second-order valence-electron chi connectivity index (χ2n) is 12.1. The number of carbonyl (C=O) groups excluding carboxylic acids is 4. The van der Waals surface area contributed by atoms with Gasteiger partial charge in [0.1, 0.15) is 11.4 Å². The largest absolute Gasteiger partial charge is 0.467 e. The summed E-state index contributed by atoms with van der Waals surface area (Å²) in [6.45, 7) is 3.59. The van der Waals surface area contributed by atoms with Crippen molar-refractivity contribution in [3.05, 3.63) is 48.0 Å². The van der Waals surface area contributed by atoms with E-state index < -0.39 is 40.9 Å². The number of furan rings is 1. The molecule has 3 saturated carbocycles. The zero-order chi connectivity index (χ0) is 28.0. The maximum Gasteiger partial charge on any atom is 0.306 e. The average Bonchev–Trinajstić information content (AvgIpc) is 3.51. The molecule has 4 aliphatic carbocycles. The highest BCUT2D eigenvalue weighted by molar-refractivity contribution is 6.01. The highest BCUT2D eigenvalue weighted by Crippen LogP contribution is 2.67. The summed E-state index contributed by atoms with van der Waals surface area (Å²) in [4.78, 5) is 49.6. The number of aliphatic hydroxyl groups is 2. The summed E-state index contributed by atoms with van der Waals surface area (Å²) in [5.41, 5.74) is -1.97. The van der Waals surface area contributed by atoms with E-state index in [1.807, 2.05) is 13.0 Å². The van der Waals surface area contributed by atoms with Gasteiger partial charge < -0.3 is 24.7 Å². The van der Waals surface area contributed by atoms with E-state index in [1.54, 1.807) is 24.3 Å². The molecule has 4 aliphatic rings. The molecule has 39 heavy (non-hydrogen) atoms. The molecule has 9 nitrogen and oxygen atoms in total. The first kappa shape index (κ1) is 27.5. The number of carbonyl (C=O) groups is 4. The van der Waals surface area contributed by atoms with E-state index in [4.69, 9.17) is 9.15 Å². The van der Waals surface area contributed by atoms with Gasteiger partial charge in [0.05, 0.1) is 25.3 Å². The van der Waals surface area contributed by atoms with Gasteiger partial charge in [-0.2, -0.15) is 0 Å². The molecule has 1 aromatic rings. The lowest BCUT2D eigenvalue weighted by Crippen LogP contribution is -2.61. The Morgan fingerprint density at radius 3 is 2.74 bits per heavy atom. The molecule has 210 valence electrons. The summed E-state index contributed by atoms with van der Waals surface area (Å²) >= 11 is 0. The number of rotatable bonds is 8. The van der Waals surface area contributed by atoms with E-state index in [9.17, 15) is 29.4 Å². The van der Waals surface area contributed by atoms with Gasteiger partial charge >= 0.3 is 5.97 Å². The van der Waals surface area contributed by atoms with E-state index in [0.717, 1.165) is 18.4 Å².